The second-order valence-electron chi connectivity index (χ2n) is 4.99. The van der Waals surface area contributed by atoms with E-state index in [1.165, 1.54) is 0 Å². The average molecular weight is 348 g/mol. The van der Waals surface area contributed by atoms with Crippen LogP contribution in [0.2, 0.25) is 0 Å². The highest BCUT2D eigenvalue weighted by Crippen LogP contribution is 2.15. The first-order valence-corrected chi connectivity index (χ1v) is 7.63. The van der Waals surface area contributed by atoms with E-state index in [0.717, 1.165) is 21.4 Å². The molecule has 0 aliphatic heterocycles. The molecule has 0 spiro atoms. The van der Waals surface area contributed by atoms with E-state index in [0.29, 0.717) is 18.5 Å². The second-order valence-corrected chi connectivity index (χ2v) is 5.91. The smallest absolute Gasteiger partial charge is 0.255 e. The summed E-state index contributed by atoms with van der Waals surface area (Å²) in [5.74, 6) is -0.0233. The van der Waals surface area contributed by atoms with Gasteiger partial charge in [0.1, 0.15) is 0 Å². The minimum Gasteiger partial charge on any atom is -0.337 e. The summed E-state index contributed by atoms with van der Waals surface area (Å²) >= 11 is 3.44. The Balaban J connectivity index is 2.21. The SMILES string of the molecule is CCc1nnc(C)cc1C(=O)N(C)Cc1cccc(Br)c1. The van der Waals surface area contributed by atoms with Crippen LogP contribution in [0.4, 0.5) is 0 Å². The Morgan fingerprint density at radius 3 is 2.71 bits per heavy atom. The first-order valence-electron chi connectivity index (χ1n) is 6.84. The molecule has 2 aromatic rings. The first-order chi connectivity index (χ1) is 10.0. The topological polar surface area (TPSA) is 46.1 Å². The van der Waals surface area contributed by atoms with Crippen LogP contribution in [-0.4, -0.2) is 28.1 Å². The number of rotatable bonds is 4. The van der Waals surface area contributed by atoms with Gasteiger partial charge >= 0.3 is 0 Å². The molecule has 1 amide bonds. The van der Waals surface area contributed by atoms with Gasteiger partial charge in [0.15, 0.2) is 0 Å². The number of halogens is 1. The summed E-state index contributed by atoms with van der Waals surface area (Å²) < 4.78 is 1.01. The molecule has 2 rings (SSSR count). The van der Waals surface area contributed by atoms with E-state index in [1.54, 1.807) is 11.9 Å². The quantitative estimate of drug-likeness (QED) is 0.851. The minimum atomic E-state index is -0.0233. The van der Waals surface area contributed by atoms with E-state index >= 15 is 0 Å². The lowest BCUT2D eigenvalue weighted by atomic mass is 10.1. The summed E-state index contributed by atoms with van der Waals surface area (Å²) in [6.07, 6.45) is 0.694. The van der Waals surface area contributed by atoms with Gasteiger partial charge in [0.2, 0.25) is 0 Å². The van der Waals surface area contributed by atoms with Crippen LogP contribution in [-0.2, 0) is 13.0 Å². The van der Waals surface area contributed by atoms with E-state index in [2.05, 4.69) is 26.1 Å². The molecule has 1 heterocycles. The third-order valence-corrected chi connectivity index (χ3v) is 3.71. The number of benzene rings is 1. The van der Waals surface area contributed by atoms with E-state index in [9.17, 15) is 4.79 Å². The molecule has 1 aromatic heterocycles. The summed E-state index contributed by atoms with van der Waals surface area (Å²) in [6, 6.07) is 9.77. The number of aromatic nitrogens is 2. The first kappa shape index (κ1) is 15.6. The zero-order valence-corrected chi connectivity index (χ0v) is 14.0. The maximum atomic E-state index is 12.6. The molecule has 110 valence electrons. The normalized spacial score (nSPS) is 10.5. The summed E-state index contributed by atoms with van der Waals surface area (Å²) in [5.41, 5.74) is 3.22. The summed E-state index contributed by atoms with van der Waals surface area (Å²) in [4.78, 5) is 14.3. The fourth-order valence-electron chi connectivity index (χ4n) is 2.15. The second kappa shape index (κ2) is 6.80. The number of carbonyl (C=O) groups excluding carboxylic acids is 1. The van der Waals surface area contributed by atoms with Gasteiger partial charge in [-0.25, -0.2) is 0 Å². The Morgan fingerprint density at radius 2 is 2.05 bits per heavy atom. The molecule has 21 heavy (non-hydrogen) atoms. The van der Waals surface area contributed by atoms with Crippen molar-refractivity contribution in [2.75, 3.05) is 7.05 Å². The Morgan fingerprint density at radius 1 is 1.29 bits per heavy atom. The number of amides is 1. The van der Waals surface area contributed by atoms with E-state index in [4.69, 9.17) is 0 Å². The number of nitrogens with zero attached hydrogens (tertiary/aromatic N) is 3. The molecule has 0 bridgehead atoms. The van der Waals surface area contributed by atoms with Gasteiger partial charge in [0.25, 0.3) is 5.91 Å². The molecule has 0 unspecified atom stereocenters. The summed E-state index contributed by atoms with van der Waals surface area (Å²) in [5, 5.41) is 8.14. The van der Waals surface area contributed by atoms with Gasteiger partial charge in [-0.1, -0.05) is 35.0 Å². The Labute approximate surface area is 133 Å². The number of hydrogen-bond acceptors (Lipinski definition) is 3. The van der Waals surface area contributed by atoms with Crippen molar-refractivity contribution in [3.05, 3.63) is 57.3 Å². The van der Waals surface area contributed by atoms with Gasteiger partial charge in [-0.15, -0.1) is 0 Å². The highest BCUT2D eigenvalue weighted by Gasteiger charge is 2.17. The summed E-state index contributed by atoms with van der Waals surface area (Å²) in [6.45, 7) is 4.38. The summed E-state index contributed by atoms with van der Waals surface area (Å²) in [7, 11) is 1.80. The molecule has 0 fully saturated rings. The van der Waals surface area contributed by atoms with Crippen molar-refractivity contribution in [1.29, 1.82) is 0 Å². The van der Waals surface area contributed by atoms with Gasteiger partial charge in [-0.05, 0) is 37.1 Å². The van der Waals surface area contributed by atoms with Crippen LogP contribution in [0, 0.1) is 6.92 Å². The molecule has 5 heteroatoms. The van der Waals surface area contributed by atoms with Gasteiger partial charge in [0, 0.05) is 18.1 Å². The molecule has 4 nitrogen and oxygen atoms in total. The van der Waals surface area contributed by atoms with Crippen molar-refractivity contribution >= 4 is 21.8 Å². The largest absolute Gasteiger partial charge is 0.337 e. The molecule has 0 N–H and O–H groups in total. The lowest BCUT2D eigenvalue weighted by Gasteiger charge is -2.18. The van der Waals surface area contributed by atoms with Crippen molar-refractivity contribution in [2.45, 2.75) is 26.8 Å². The minimum absolute atomic E-state index is 0.0233. The van der Waals surface area contributed by atoms with Crippen LogP contribution in [0.15, 0.2) is 34.8 Å². The van der Waals surface area contributed by atoms with Crippen LogP contribution < -0.4 is 0 Å². The van der Waals surface area contributed by atoms with Gasteiger partial charge in [0.05, 0.1) is 17.0 Å². The Kier molecular flexibility index (Phi) is 5.07. The molecule has 0 saturated heterocycles. The molecule has 0 atom stereocenters. The third kappa shape index (κ3) is 3.88. The van der Waals surface area contributed by atoms with Crippen molar-refractivity contribution in [1.82, 2.24) is 15.1 Å². The molecule has 0 aliphatic rings. The van der Waals surface area contributed by atoms with Crippen molar-refractivity contribution < 1.29 is 4.79 Å². The molecule has 0 radical (unpaired) electrons. The van der Waals surface area contributed by atoms with E-state index in [-0.39, 0.29) is 5.91 Å². The van der Waals surface area contributed by atoms with Crippen LogP contribution >= 0.6 is 15.9 Å². The lowest BCUT2D eigenvalue weighted by molar-refractivity contribution is 0.0783. The molecule has 0 aliphatic carbocycles. The van der Waals surface area contributed by atoms with Crippen LogP contribution in [0.3, 0.4) is 0 Å². The molecule has 0 saturated carbocycles. The third-order valence-electron chi connectivity index (χ3n) is 3.21. The predicted molar refractivity (Wildman–Crippen MR) is 86.1 cm³/mol. The van der Waals surface area contributed by atoms with Crippen LogP contribution in [0.1, 0.15) is 34.2 Å². The van der Waals surface area contributed by atoms with E-state index < -0.39 is 0 Å². The van der Waals surface area contributed by atoms with Crippen molar-refractivity contribution in [2.24, 2.45) is 0 Å². The average Bonchev–Trinajstić information content (AvgIpc) is 2.46. The lowest BCUT2D eigenvalue weighted by Crippen LogP contribution is -2.27. The fourth-order valence-corrected chi connectivity index (χ4v) is 2.59. The highest BCUT2D eigenvalue weighted by atomic mass is 79.9. The molecule has 1 aromatic carbocycles. The maximum Gasteiger partial charge on any atom is 0.255 e. The number of hydrogen-bond donors (Lipinski definition) is 0. The van der Waals surface area contributed by atoms with Gasteiger partial charge < -0.3 is 4.90 Å². The van der Waals surface area contributed by atoms with Gasteiger partial charge in [-0.3, -0.25) is 4.79 Å². The number of carbonyl (C=O) groups is 1. The Bertz CT molecular complexity index is 658. The molecular weight excluding hydrogens is 330 g/mol. The zero-order valence-electron chi connectivity index (χ0n) is 12.4. The fraction of sp³-hybridized carbons (Fsp3) is 0.312. The van der Waals surface area contributed by atoms with E-state index in [1.807, 2.05) is 44.2 Å². The van der Waals surface area contributed by atoms with Crippen LogP contribution in [0.25, 0.3) is 0 Å². The molecular formula is C16H18BrN3O. The maximum absolute atomic E-state index is 12.6. The Hall–Kier alpha value is -1.75. The van der Waals surface area contributed by atoms with Crippen molar-refractivity contribution in [3.8, 4) is 0 Å². The standard InChI is InChI=1S/C16H18BrN3O/c1-4-15-14(8-11(2)18-19-15)16(21)20(3)10-12-6-5-7-13(17)9-12/h5-9H,4,10H2,1-3H3. The highest BCUT2D eigenvalue weighted by molar-refractivity contribution is 9.10. The monoisotopic (exact) mass is 347 g/mol. The van der Waals surface area contributed by atoms with Gasteiger partial charge in [-0.2, -0.15) is 10.2 Å². The van der Waals surface area contributed by atoms with Crippen molar-refractivity contribution in [3.63, 3.8) is 0 Å². The van der Waals surface area contributed by atoms with Crippen LogP contribution in [0.5, 0.6) is 0 Å². The predicted octanol–water partition coefficient (Wildman–Crippen LogP) is 3.38. The zero-order chi connectivity index (χ0) is 15.4. The number of aryl methyl sites for hydroxylation is 2.